The van der Waals surface area contributed by atoms with Gasteiger partial charge in [-0.2, -0.15) is 0 Å². The first-order chi connectivity index (χ1) is 12.1. The van der Waals surface area contributed by atoms with Crippen LogP contribution in [0.25, 0.3) is 6.08 Å². The molecule has 1 aliphatic heterocycles. The fourth-order valence-corrected chi connectivity index (χ4v) is 2.83. The Bertz CT molecular complexity index is 764. The minimum Gasteiger partial charge on any atom is -0.376 e. The fourth-order valence-electron chi connectivity index (χ4n) is 2.65. The van der Waals surface area contributed by atoms with Crippen LogP contribution in [0.4, 0.5) is 0 Å². The lowest BCUT2D eigenvalue weighted by Crippen LogP contribution is -2.51. The van der Waals surface area contributed by atoms with Gasteiger partial charge in [-0.3, -0.25) is 4.79 Å². The molecule has 2 N–H and O–H groups in total. The van der Waals surface area contributed by atoms with Crippen LogP contribution in [-0.4, -0.2) is 62.0 Å². The van der Waals surface area contributed by atoms with Gasteiger partial charge in [0.15, 0.2) is 5.11 Å². The van der Waals surface area contributed by atoms with Crippen molar-refractivity contribution >= 4 is 29.3 Å². The van der Waals surface area contributed by atoms with Crippen LogP contribution in [0.1, 0.15) is 11.3 Å². The van der Waals surface area contributed by atoms with Crippen LogP contribution in [-0.2, 0) is 11.3 Å². The van der Waals surface area contributed by atoms with Crippen molar-refractivity contribution in [2.45, 2.75) is 6.54 Å². The lowest BCUT2D eigenvalue weighted by Gasteiger charge is -2.34. The van der Waals surface area contributed by atoms with E-state index in [2.05, 4.69) is 10.3 Å². The van der Waals surface area contributed by atoms with E-state index in [0.717, 1.165) is 5.56 Å². The van der Waals surface area contributed by atoms with Crippen LogP contribution in [0.2, 0.25) is 0 Å². The van der Waals surface area contributed by atoms with Gasteiger partial charge in [0.05, 0.1) is 12.7 Å². The van der Waals surface area contributed by atoms with Crippen molar-refractivity contribution < 1.29 is 4.79 Å². The fraction of sp³-hybridized carbons (Fsp3) is 0.294. The molecule has 0 unspecified atom stereocenters. The highest BCUT2D eigenvalue weighted by Gasteiger charge is 2.19. The normalized spacial score (nSPS) is 14.9. The quantitative estimate of drug-likeness (QED) is 0.643. The van der Waals surface area contributed by atoms with Gasteiger partial charge in [0.25, 0.3) is 0 Å². The molecule has 3 rings (SSSR count). The number of carbonyl (C=O) groups is 1. The molecule has 0 radical (unpaired) electrons. The van der Waals surface area contributed by atoms with Crippen LogP contribution in [0.15, 0.2) is 42.6 Å². The molecule has 2 heterocycles. The summed E-state index contributed by atoms with van der Waals surface area (Å²) in [6, 6.07) is 10.0. The van der Waals surface area contributed by atoms with Gasteiger partial charge in [0, 0.05) is 32.3 Å². The number of aromatic nitrogens is 3. The van der Waals surface area contributed by atoms with Gasteiger partial charge in [-0.15, -0.1) is 5.10 Å². The molecule has 25 heavy (non-hydrogen) atoms. The number of rotatable bonds is 4. The minimum absolute atomic E-state index is 0.0415. The van der Waals surface area contributed by atoms with Crippen LogP contribution >= 0.6 is 12.2 Å². The second kappa shape index (κ2) is 7.89. The number of piperazine rings is 1. The van der Waals surface area contributed by atoms with E-state index >= 15 is 0 Å². The molecule has 7 nitrogen and oxygen atoms in total. The van der Waals surface area contributed by atoms with Crippen molar-refractivity contribution in [2.24, 2.45) is 5.73 Å². The summed E-state index contributed by atoms with van der Waals surface area (Å²) in [5, 5.41) is 8.55. The third-order valence-corrected chi connectivity index (χ3v) is 4.30. The van der Waals surface area contributed by atoms with E-state index in [9.17, 15) is 4.79 Å². The Labute approximate surface area is 151 Å². The van der Waals surface area contributed by atoms with Crippen molar-refractivity contribution in [1.82, 2.24) is 24.8 Å². The number of thiocarbonyl (C=S) groups is 1. The Morgan fingerprint density at radius 3 is 2.52 bits per heavy atom. The zero-order valence-electron chi connectivity index (χ0n) is 13.8. The summed E-state index contributed by atoms with van der Waals surface area (Å²) in [5.41, 5.74) is 7.41. The van der Waals surface area contributed by atoms with E-state index in [1.807, 2.05) is 41.4 Å². The van der Waals surface area contributed by atoms with Crippen molar-refractivity contribution in [3.8, 4) is 0 Å². The molecule has 1 aliphatic rings. The number of carbonyl (C=O) groups excluding carboxylic acids is 1. The number of benzene rings is 1. The Morgan fingerprint density at radius 1 is 1.16 bits per heavy atom. The monoisotopic (exact) mass is 356 g/mol. The molecule has 1 aromatic heterocycles. The number of amides is 1. The first kappa shape index (κ1) is 17.1. The Morgan fingerprint density at radius 2 is 1.84 bits per heavy atom. The smallest absolute Gasteiger partial charge is 0.246 e. The van der Waals surface area contributed by atoms with Crippen molar-refractivity contribution in [1.29, 1.82) is 0 Å². The van der Waals surface area contributed by atoms with Crippen molar-refractivity contribution in [2.75, 3.05) is 26.2 Å². The molecule has 0 atom stereocenters. The average molecular weight is 356 g/mol. The molecule has 1 aromatic carbocycles. The second-order valence-electron chi connectivity index (χ2n) is 5.81. The van der Waals surface area contributed by atoms with Crippen molar-refractivity contribution in [3.05, 3.63) is 53.9 Å². The Kier molecular flexibility index (Phi) is 5.39. The van der Waals surface area contributed by atoms with Gasteiger partial charge >= 0.3 is 0 Å². The maximum Gasteiger partial charge on any atom is 0.246 e. The molecule has 130 valence electrons. The zero-order chi connectivity index (χ0) is 17.6. The maximum absolute atomic E-state index is 12.2. The topological polar surface area (TPSA) is 80.3 Å². The number of hydrogen-bond acceptors (Lipinski definition) is 4. The molecule has 1 fully saturated rings. The largest absolute Gasteiger partial charge is 0.376 e. The number of nitrogens with zero attached hydrogens (tertiary/aromatic N) is 5. The zero-order valence-corrected chi connectivity index (χ0v) is 14.6. The van der Waals surface area contributed by atoms with Crippen LogP contribution in [0, 0.1) is 0 Å². The van der Waals surface area contributed by atoms with E-state index in [1.54, 1.807) is 15.7 Å². The number of nitrogens with two attached hydrogens (primary N) is 1. The van der Waals surface area contributed by atoms with E-state index in [0.29, 0.717) is 43.5 Å². The second-order valence-corrected chi connectivity index (χ2v) is 6.23. The van der Waals surface area contributed by atoms with Crippen LogP contribution < -0.4 is 5.73 Å². The summed E-state index contributed by atoms with van der Waals surface area (Å²) in [6.45, 7) is 3.21. The Balaban J connectivity index is 1.54. The summed E-state index contributed by atoms with van der Waals surface area (Å²) >= 11 is 4.95. The maximum atomic E-state index is 12.2. The van der Waals surface area contributed by atoms with Gasteiger partial charge in [-0.05, 0) is 23.9 Å². The van der Waals surface area contributed by atoms with Crippen LogP contribution in [0.5, 0.6) is 0 Å². The first-order valence-corrected chi connectivity index (χ1v) is 8.48. The molecular formula is C17H20N6OS. The van der Waals surface area contributed by atoms with Gasteiger partial charge < -0.3 is 15.5 Å². The standard InChI is InChI=1S/C17H20N6OS/c18-17(25)22-10-8-21(9-11-22)16(24)7-6-15-13-23(20-19-15)12-14-4-2-1-3-5-14/h1-7,13H,8-12H2,(H2,18,25). The summed E-state index contributed by atoms with van der Waals surface area (Å²) in [7, 11) is 0. The minimum atomic E-state index is -0.0415. The molecule has 8 heteroatoms. The van der Waals surface area contributed by atoms with E-state index in [-0.39, 0.29) is 5.91 Å². The summed E-state index contributed by atoms with van der Waals surface area (Å²) in [6.07, 6.45) is 5.05. The molecule has 0 spiro atoms. The van der Waals surface area contributed by atoms with Gasteiger partial charge in [-0.25, -0.2) is 4.68 Å². The molecule has 0 bridgehead atoms. The summed E-state index contributed by atoms with van der Waals surface area (Å²) in [4.78, 5) is 15.9. The Hall–Kier alpha value is -2.74. The van der Waals surface area contributed by atoms with E-state index in [1.165, 1.54) is 6.08 Å². The number of hydrogen-bond donors (Lipinski definition) is 1. The van der Waals surface area contributed by atoms with E-state index < -0.39 is 0 Å². The van der Waals surface area contributed by atoms with Crippen LogP contribution in [0.3, 0.4) is 0 Å². The molecule has 1 amide bonds. The predicted molar refractivity (Wildman–Crippen MR) is 99.5 cm³/mol. The SMILES string of the molecule is NC(=S)N1CCN(C(=O)C=Cc2cn(Cc3ccccc3)nn2)CC1. The lowest BCUT2D eigenvalue weighted by atomic mass is 10.2. The lowest BCUT2D eigenvalue weighted by molar-refractivity contribution is -0.127. The highest BCUT2D eigenvalue weighted by Crippen LogP contribution is 2.06. The molecule has 0 saturated carbocycles. The molecule has 1 saturated heterocycles. The highest BCUT2D eigenvalue weighted by molar-refractivity contribution is 7.80. The first-order valence-electron chi connectivity index (χ1n) is 8.07. The molecule has 0 aliphatic carbocycles. The van der Waals surface area contributed by atoms with Crippen molar-refractivity contribution in [3.63, 3.8) is 0 Å². The molecular weight excluding hydrogens is 336 g/mol. The van der Waals surface area contributed by atoms with Gasteiger partial charge in [0.1, 0.15) is 5.69 Å². The van der Waals surface area contributed by atoms with Gasteiger partial charge in [0.2, 0.25) is 5.91 Å². The highest BCUT2D eigenvalue weighted by atomic mass is 32.1. The molecule has 2 aromatic rings. The average Bonchev–Trinajstić information content (AvgIpc) is 3.08. The third-order valence-electron chi connectivity index (χ3n) is 4.04. The van der Waals surface area contributed by atoms with E-state index in [4.69, 9.17) is 18.0 Å². The summed E-state index contributed by atoms with van der Waals surface area (Å²) in [5.74, 6) is -0.0415. The third kappa shape index (κ3) is 4.63. The summed E-state index contributed by atoms with van der Waals surface area (Å²) < 4.78 is 1.75. The predicted octanol–water partition coefficient (Wildman–Crippen LogP) is 0.727. The van der Waals surface area contributed by atoms with Gasteiger partial charge in [-0.1, -0.05) is 35.5 Å².